The van der Waals surface area contributed by atoms with Crippen LogP contribution in [-0.2, 0) is 20.0 Å². The number of amides is 2. The molecule has 0 spiro atoms. The standard InChI is InChI=1S/C10H14N4O2.H2O4S/c1-14(2)5-3-4-7(6-11)8(9(12)15)10(13)16;1-5(2,3)4/h3-5,8H,1-2H3,(H2,12,15)(H2,13,16);(H2,1,2,3,4). The van der Waals surface area contributed by atoms with Crippen molar-refractivity contribution in [2.24, 2.45) is 17.4 Å². The third-order valence-corrected chi connectivity index (χ3v) is 1.67. The molecule has 0 saturated carbocycles. The highest BCUT2D eigenvalue weighted by Crippen LogP contribution is 2.09. The highest BCUT2D eigenvalue weighted by Gasteiger charge is 2.25. The minimum atomic E-state index is -4.67. The first-order valence-electron chi connectivity index (χ1n) is 5.13. The number of nitrogens with zero attached hydrogens (tertiary/aromatic N) is 2. The molecule has 0 aliphatic heterocycles. The summed E-state index contributed by atoms with van der Waals surface area (Å²) in [5, 5.41) is 8.78. The normalized spacial score (nSPS) is 11.5. The molecule has 0 rings (SSSR count). The fourth-order valence-electron chi connectivity index (χ4n) is 0.964. The number of allylic oxidation sites excluding steroid dienone is 2. The van der Waals surface area contributed by atoms with Crippen molar-refractivity contribution in [3.63, 3.8) is 0 Å². The molecule has 0 aromatic carbocycles. The number of hydrogen-bond acceptors (Lipinski definition) is 6. The van der Waals surface area contributed by atoms with Gasteiger partial charge in [0.25, 0.3) is 0 Å². The molecule has 0 fully saturated rings. The maximum absolute atomic E-state index is 10.9. The van der Waals surface area contributed by atoms with Crippen LogP contribution in [0, 0.1) is 17.2 Å². The first-order chi connectivity index (χ1) is 9.40. The van der Waals surface area contributed by atoms with Crippen molar-refractivity contribution >= 4 is 22.2 Å². The van der Waals surface area contributed by atoms with E-state index in [1.165, 1.54) is 12.2 Å². The second kappa shape index (κ2) is 9.48. The van der Waals surface area contributed by atoms with E-state index in [-0.39, 0.29) is 5.57 Å². The van der Waals surface area contributed by atoms with Crippen molar-refractivity contribution in [3.8, 4) is 6.07 Å². The van der Waals surface area contributed by atoms with Crippen LogP contribution in [0.4, 0.5) is 0 Å². The van der Waals surface area contributed by atoms with Gasteiger partial charge in [-0.1, -0.05) is 0 Å². The van der Waals surface area contributed by atoms with Crippen LogP contribution < -0.4 is 11.5 Å². The highest BCUT2D eigenvalue weighted by molar-refractivity contribution is 7.79. The fraction of sp³-hybridized carbons (Fsp3) is 0.300. The molecule has 0 aliphatic rings. The van der Waals surface area contributed by atoms with Gasteiger partial charge in [0.15, 0.2) is 5.92 Å². The molecule has 0 heterocycles. The number of nitriles is 1. The summed E-state index contributed by atoms with van der Waals surface area (Å²) in [7, 11) is -1.09. The van der Waals surface area contributed by atoms with E-state index in [9.17, 15) is 9.59 Å². The van der Waals surface area contributed by atoms with E-state index < -0.39 is 28.1 Å². The molecule has 2 amide bonds. The Balaban J connectivity index is 0. The average Bonchev–Trinajstić information content (AvgIpc) is 2.23. The van der Waals surface area contributed by atoms with Crippen LogP contribution >= 0.6 is 0 Å². The third kappa shape index (κ3) is 13.8. The van der Waals surface area contributed by atoms with Gasteiger partial charge in [-0.05, 0) is 18.4 Å². The summed E-state index contributed by atoms with van der Waals surface area (Å²) in [6.07, 6.45) is 4.51. The van der Waals surface area contributed by atoms with Crippen molar-refractivity contribution in [2.45, 2.75) is 0 Å². The molecule has 11 heteroatoms. The van der Waals surface area contributed by atoms with Crippen LogP contribution in [0.3, 0.4) is 0 Å². The quantitative estimate of drug-likeness (QED) is 0.202. The average molecular weight is 320 g/mol. The van der Waals surface area contributed by atoms with Gasteiger partial charge in [-0.25, -0.2) is 0 Å². The Labute approximate surface area is 121 Å². The van der Waals surface area contributed by atoms with Gasteiger partial charge in [0.05, 0.1) is 11.6 Å². The van der Waals surface area contributed by atoms with Crippen molar-refractivity contribution in [3.05, 3.63) is 23.9 Å². The Kier molecular flexibility index (Phi) is 9.43. The SMILES string of the molecule is CN(C)C=CC=C(C#N)C(C(N)=O)C(N)=O.O=S(=O)(O)O. The molecule has 0 aliphatic carbocycles. The topological polar surface area (TPSA) is 188 Å². The van der Waals surface area contributed by atoms with Crippen LogP contribution in [0.15, 0.2) is 23.9 Å². The number of carbonyl (C=O) groups excluding carboxylic acids is 2. The van der Waals surface area contributed by atoms with Crippen molar-refractivity contribution in [2.75, 3.05) is 14.1 Å². The van der Waals surface area contributed by atoms with E-state index in [1.54, 1.807) is 31.3 Å². The Morgan fingerprint density at radius 1 is 1.24 bits per heavy atom. The lowest BCUT2D eigenvalue weighted by Crippen LogP contribution is -2.36. The van der Waals surface area contributed by atoms with Crippen LogP contribution in [-0.4, -0.2) is 48.3 Å². The van der Waals surface area contributed by atoms with Gasteiger partial charge in [-0.15, -0.1) is 0 Å². The lowest BCUT2D eigenvalue weighted by molar-refractivity contribution is -0.129. The monoisotopic (exact) mass is 320 g/mol. The molecule has 0 unspecified atom stereocenters. The maximum Gasteiger partial charge on any atom is 0.394 e. The summed E-state index contributed by atoms with van der Waals surface area (Å²) in [6.45, 7) is 0. The van der Waals surface area contributed by atoms with Crippen LogP contribution in [0.2, 0.25) is 0 Å². The Hall–Kier alpha value is -2.42. The number of rotatable bonds is 5. The molecular formula is C10H16N4O6S. The van der Waals surface area contributed by atoms with E-state index >= 15 is 0 Å². The van der Waals surface area contributed by atoms with E-state index in [2.05, 4.69) is 0 Å². The zero-order valence-electron chi connectivity index (χ0n) is 11.3. The van der Waals surface area contributed by atoms with Crippen LogP contribution in [0.5, 0.6) is 0 Å². The summed E-state index contributed by atoms with van der Waals surface area (Å²) in [6, 6.07) is 1.73. The summed E-state index contributed by atoms with van der Waals surface area (Å²) in [5.41, 5.74) is 9.89. The number of hydrogen-bond donors (Lipinski definition) is 4. The van der Waals surface area contributed by atoms with E-state index in [0.717, 1.165) is 0 Å². The second-order valence-corrected chi connectivity index (χ2v) is 4.62. The second-order valence-electron chi connectivity index (χ2n) is 3.72. The van der Waals surface area contributed by atoms with Gasteiger partial charge >= 0.3 is 10.4 Å². The molecule has 0 aromatic rings. The molecule has 0 radical (unpaired) electrons. The number of carbonyl (C=O) groups is 2. The van der Waals surface area contributed by atoms with E-state index in [4.69, 9.17) is 34.3 Å². The fourth-order valence-corrected chi connectivity index (χ4v) is 0.964. The largest absolute Gasteiger partial charge is 0.394 e. The molecule has 0 atom stereocenters. The Morgan fingerprint density at radius 3 is 1.86 bits per heavy atom. The van der Waals surface area contributed by atoms with Gasteiger partial charge in [0.2, 0.25) is 11.8 Å². The van der Waals surface area contributed by atoms with E-state index in [1.807, 2.05) is 0 Å². The minimum absolute atomic E-state index is 0.0712. The summed E-state index contributed by atoms with van der Waals surface area (Å²) in [5.74, 6) is -3.24. The van der Waals surface area contributed by atoms with Gasteiger partial charge < -0.3 is 16.4 Å². The number of primary amides is 2. The summed E-state index contributed by atoms with van der Waals surface area (Å²) >= 11 is 0. The van der Waals surface area contributed by atoms with Crippen molar-refractivity contribution in [1.82, 2.24) is 4.90 Å². The molecule has 118 valence electrons. The molecular weight excluding hydrogens is 304 g/mol. The highest BCUT2D eigenvalue weighted by atomic mass is 32.3. The van der Waals surface area contributed by atoms with Gasteiger partial charge in [-0.3, -0.25) is 18.7 Å². The molecule has 0 bridgehead atoms. The first kappa shape index (κ1) is 20.9. The summed E-state index contributed by atoms with van der Waals surface area (Å²) in [4.78, 5) is 23.6. The first-order valence-corrected chi connectivity index (χ1v) is 6.53. The Bertz CT molecular complexity index is 551. The Morgan fingerprint density at radius 2 is 1.62 bits per heavy atom. The lowest BCUT2D eigenvalue weighted by atomic mass is 9.98. The zero-order valence-corrected chi connectivity index (χ0v) is 12.1. The maximum atomic E-state index is 10.9. The van der Waals surface area contributed by atoms with Gasteiger partial charge in [0.1, 0.15) is 0 Å². The van der Waals surface area contributed by atoms with Crippen molar-refractivity contribution < 1.29 is 27.1 Å². The lowest BCUT2D eigenvalue weighted by Gasteiger charge is -2.07. The summed E-state index contributed by atoms with van der Waals surface area (Å²) < 4.78 is 31.6. The van der Waals surface area contributed by atoms with Crippen molar-refractivity contribution in [1.29, 1.82) is 5.26 Å². The third-order valence-electron chi connectivity index (χ3n) is 1.67. The predicted molar refractivity (Wildman–Crippen MR) is 72.6 cm³/mol. The smallest absolute Gasteiger partial charge is 0.383 e. The van der Waals surface area contributed by atoms with E-state index in [0.29, 0.717) is 0 Å². The van der Waals surface area contributed by atoms with Crippen LogP contribution in [0.25, 0.3) is 0 Å². The van der Waals surface area contributed by atoms with Gasteiger partial charge in [-0.2, -0.15) is 13.7 Å². The minimum Gasteiger partial charge on any atom is -0.383 e. The molecule has 21 heavy (non-hydrogen) atoms. The molecule has 0 saturated heterocycles. The predicted octanol–water partition coefficient (Wildman–Crippen LogP) is -1.55. The molecule has 10 nitrogen and oxygen atoms in total. The number of nitrogens with two attached hydrogens (primary N) is 2. The van der Waals surface area contributed by atoms with Gasteiger partial charge in [0, 0.05) is 14.1 Å². The molecule has 6 N–H and O–H groups in total. The van der Waals surface area contributed by atoms with Crippen LogP contribution in [0.1, 0.15) is 0 Å². The zero-order chi connectivity index (χ0) is 17.2. The molecule has 0 aromatic heterocycles.